The molecule has 19 heavy (non-hydrogen) atoms. The molecule has 0 spiro atoms. The van der Waals surface area contributed by atoms with Gasteiger partial charge in [0.15, 0.2) is 0 Å². The average molecular weight is 350 g/mol. The maximum Gasteiger partial charge on any atom is 0.243 e. The van der Waals surface area contributed by atoms with Gasteiger partial charge in [0.1, 0.15) is 10.7 Å². The predicted molar refractivity (Wildman–Crippen MR) is 75.8 cm³/mol. The lowest BCUT2D eigenvalue weighted by molar-refractivity contribution is 0.422. The zero-order chi connectivity index (χ0) is 14.0. The SMILES string of the molecule is CC(NS(=O)(=O)c1ccc(Br)cc1F)C1CCCC1. The molecule has 2 rings (SSSR count). The van der Waals surface area contributed by atoms with E-state index in [4.69, 9.17) is 0 Å². The third kappa shape index (κ3) is 3.55. The van der Waals surface area contributed by atoms with Crippen LogP contribution in [0.25, 0.3) is 0 Å². The molecule has 0 saturated heterocycles. The van der Waals surface area contributed by atoms with E-state index >= 15 is 0 Å². The number of hydrogen-bond acceptors (Lipinski definition) is 2. The smallest absolute Gasteiger partial charge is 0.208 e. The van der Waals surface area contributed by atoms with Gasteiger partial charge in [0.25, 0.3) is 0 Å². The van der Waals surface area contributed by atoms with Crippen molar-refractivity contribution in [3.8, 4) is 0 Å². The number of nitrogens with one attached hydrogen (secondary N) is 1. The fourth-order valence-corrected chi connectivity index (χ4v) is 4.26. The van der Waals surface area contributed by atoms with Gasteiger partial charge >= 0.3 is 0 Å². The number of rotatable bonds is 4. The van der Waals surface area contributed by atoms with Crippen LogP contribution in [0, 0.1) is 11.7 Å². The monoisotopic (exact) mass is 349 g/mol. The van der Waals surface area contributed by atoms with E-state index in [9.17, 15) is 12.8 Å². The summed E-state index contributed by atoms with van der Waals surface area (Å²) in [6, 6.07) is 3.81. The second-order valence-corrected chi connectivity index (χ2v) is 7.63. The lowest BCUT2D eigenvalue weighted by Crippen LogP contribution is -2.37. The van der Waals surface area contributed by atoms with Crippen LogP contribution in [0.3, 0.4) is 0 Å². The summed E-state index contributed by atoms with van der Waals surface area (Å²) in [6.07, 6.45) is 4.35. The van der Waals surface area contributed by atoms with Gasteiger partial charge in [0.05, 0.1) is 0 Å². The molecule has 1 atom stereocenters. The van der Waals surface area contributed by atoms with Crippen molar-refractivity contribution in [3.63, 3.8) is 0 Å². The van der Waals surface area contributed by atoms with Crippen molar-refractivity contribution in [2.24, 2.45) is 5.92 Å². The molecule has 1 saturated carbocycles. The minimum Gasteiger partial charge on any atom is -0.208 e. The lowest BCUT2D eigenvalue weighted by atomic mass is 10.0. The summed E-state index contributed by atoms with van der Waals surface area (Å²) in [5.74, 6) is -0.381. The van der Waals surface area contributed by atoms with E-state index < -0.39 is 15.8 Å². The summed E-state index contributed by atoms with van der Waals surface area (Å²) in [5.41, 5.74) is 0. The summed E-state index contributed by atoms with van der Waals surface area (Å²) in [4.78, 5) is -0.291. The van der Waals surface area contributed by atoms with E-state index in [1.807, 2.05) is 6.92 Å². The van der Waals surface area contributed by atoms with Crippen LogP contribution in [0.4, 0.5) is 4.39 Å². The van der Waals surface area contributed by atoms with Crippen LogP contribution in [0.2, 0.25) is 0 Å². The molecule has 0 amide bonds. The van der Waals surface area contributed by atoms with Crippen molar-refractivity contribution in [1.82, 2.24) is 4.72 Å². The predicted octanol–water partition coefficient (Wildman–Crippen LogP) is 3.45. The Kier molecular flexibility index (Phi) is 4.63. The Labute approximate surface area is 121 Å². The van der Waals surface area contributed by atoms with Gasteiger partial charge in [-0.2, -0.15) is 0 Å². The van der Waals surface area contributed by atoms with Crippen LogP contribution in [0.1, 0.15) is 32.6 Å². The van der Waals surface area contributed by atoms with Gasteiger partial charge in [0, 0.05) is 10.5 Å². The molecule has 0 bridgehead atoms. The summed E-state index contributed by atoms with van der Waals surface area (Å²) >= 11 is 3.11. The molecule has 106 valence electrons. The van der Waals surface area contributed by atoms with Gasteiger partial charge in [-0.05, 0) is 43.9 Å². The molecule has 0 heterocycles. The molecule has 1 aliphatic carbocycles. The Balaban J connectivity index is 2.17. The fourth-order valence-electron chi connectivity index (χ4n) is 2.55. The van der Waals surface area contributed by atoms with Crippen molar-refractivity contribution >= 4 is 26.0 Å². The Morgan fingerprint density at radius 3 is 2.58 bits per heavy atom. The summed E-state index contributed by atoms with van der Waals surface area (Å²) in [5, 5.41) is 0. The molecular formula is C13H17BrFNO2S. The Morgan fingerprint density at radius 2 is 2.00 bits per heavy atom. The molecule has 0 aliphatic heterocycles. The Hall–Kier alpha value is -0.460. The number of halogens is 2. The summed E-state index contributed by atoms with van der Waals surface area (Å²) < 4.78 is 41.2. The molecule has 1 aliphatic rings. The molecular weight excluding hydrogens is 333 g/mol. The second-order valence-electron chi connectivity index (χ2n) is 5.03. The zero-order valence-electron chi connectivity index (χ0n) is 10.7. The number of benzene rings is 1. The van der Waals surface area contributed by atoms with Gasteiger partial charge in [-0.1, -0.05) is 28.8 Å². The molecule has 0 radical (unpaired) electrons. The van der Waals surface area contributed by atoms with E-state index in [0.717, 1.165) is 31.7 Å². The fraction of sp³-hybridized carbons (Fsp3) is 0.538. The van der Waals surface area contributed by atoms with Gasteiger partial charge < -0.3 is 0 Å². The highest BCUT2D eigenvalue weighted by Crippen LogP contribution is 2.28. The first kappa shape index (κ1) is 14.9. The minimum absolute atomic E-state index is 0.157. The summed E-state index contributed by atoms with van der Waals surface area (Å²) in [7, 11) is -3.79. The zero-order valence-corrected chi connectivity index (χ0v) is 13.1. The quantitative estimate of drug-likeness (QED) is 0.904. The van der Waals surface area contributed by atoms with E-state index in [1.165, 1.54) is 12.1 Å². The molecule has 0 aromatic heterocycles. The standard InChI is InChI=1S/C13H17BrFNO2S/c1-9(10-4-2-3-5-10)16-19(17,18)13-7-6-11(14)8-12(13)15/h6-10,16H,2-5H2,1H3. The maximum absolute atomic E-state index is 13.7. The highest BCUT2D eigenvalue weighted by molar-refractivity contribution is 9.10. The van der Waals surface area contributed by atoms with Crippen LogP contribution in [0.15, 0.2) is 27.6 Å². The van der Waals surface area contributed by atoms with Gasteiger partial charge in [-0.3, -0.25) is 0 Å². The van der Waals surface area contributed by atoms with Gasteiger partial charge in [-0.15, -0.1) is 0 Å². The van der Waals surface area contributed by atoms with Crippen molar-refractivity contribution in [2.75, 3.05) is 0 Å². The van der Waals surface area contributed by atoms with E-state index in [-0.39, 0.29) is 10.9 Å². The molecule has 1 unspecified atom stereocenters. The van der Waals surface area contributed by atoms with Gasteiger partial charge in [0.2, 0.25) is 10.0 Å². The van der Waals surface area contributed by atoms with Crippen molar-refractivity contribution < 1.29 is 12.8 Å². The average Bonchev–Trinajstić information content (AvgIpc) is 2.80. The molecule has 1 aromatic rings. The first-order valence-corrected chi connectivity index (χ1v) is 8.65. The Morgan fingerprint density at radius 1 is 1.37 bits per heavy atom. The van der Waals surface area contributed by atoms with Crippen LogP contribution < -0.4 is 4.72 Å². The van der Waals surface area contributed by atoms with Crippen molar-refractivity contribution in [1.29, 1.82) is 0 Å². The topological polar surface area (TPSA) is 46.2 Å². The first-order chi connectivity index (χ1) is 8.90. The van der Waals surface area contributed by atoms with E-state index in [0.29, 0.717) is 10.4 Å². The molecule has 1 aromatic carbocycles. The minimum atomic E-state index is -3.79. The highest BCUT2D eigenvalue weighted by atomic mass is 79.9. The largest absolute Gasteiger partial charge is 0.243 e. The molecule has 3 nitrogen and oxygen atoms in total. The van der Waals surface area contributed by atoms with Gasteiger partial charge in [-0.25, -0.2) is 17.5 Å². The highest BCUT2D eigenvalue weighted by Gasteiger charge is 2.27. The lowest BCUT2D eigenvalue weighted by Gasteiger charge is -2.20. The van der Waals surface area contributed by atoms with Crippen LogP contribution in [0.5, 0.6) is 0 Å². The number of hydrogen-bond donors (Lipinski definition) is 1. The third-order valence-corrected chi connectivity index (χ3v) is 5.72. The van der Waals surface area contributed by atoms with Crippen LogP contribution in [-0.2, 0) is 10.0 Å². The molecule has 1 fully saturated rings. The molecule has 1 N–H and O–H groups in total. The second kappa shape index (κ2) is 5.89. The van der Waals surface area contributed by atoms with Crippen molar-refractivity contribution in [2.45, 2.75) is 43.5 Å². The van der Waals surface area contributed by atoms with Crippen LogP contribution >= 0.6 is 15.9 Å². The maximum atomic E-state index is 13.7. The van der Waals surface area contributed by atoms with E-state index in [2.05, 4.69) is 20.7 Å². The Bertz CT molecular complexity index is 556. The van der Waals surface area contributed by atoms with Crippen molar-refractivity contribution in [3.05, 3.63) is 28.5 Å². The first-order valence-electron chi connectivity index (χ1n) is 6.37. The third-order valence-electron chi connectivity index (χ3n) is 3.63. The normalized spacial score (nSPS) is 18.7. The molecule has 6 heteroatoms. The number of sulfonamides is 1. The summed E-state index contributed by atoms with van der Waals surface area (Å²) in [6.45, 7) is 1.85. The van der Waals surface area contributed by atoms with Crippen LogP contribution in [-0.4, -0.2) is 14.5 Å². The van der Waals surface area contributed by atoms with E-state index in [1.54, 1.807) is 0 Å².